The molecule has 4 rings (SSSR count). The number of hydrogen-bond acceptors (Lipinski definition) is 10. The summed E-state index contributed by atoms with van der Waals surface area (Å²) < 4.78 is 96.4. The molecule has 17 heteroatoms. The zero-order chi connectivity index (χ0) is 28.7. The molecule has 1 aliphatic heterocycles. The van der Waals surface area contributed by atoms with Crippen molar-refractivity contribution in [3.63, 3.8) is 0 Å². The Morgan fingerprint density at radius 3 is 2.46 bits per heavy atom. The lowest BCUT2D eigenvalue weighted by atomic mass is 10.0. The number of ether oxygens (including phenoxy) is 1. The molecule has 11 nitrogen and oxygen atoms in total. The molecule has 0 fully saturated rings. The highest BCUT2D eigenvalue weighted by molar-refractivity contribution is 7.90. The van der Waals surface area contributed by atoms with Crippen LogP contribution in [0.5, 0.6) is 5.75 Å². The Hall–Kier alpha value is -3.41. The lowest BCUT2D eigenvalue weighted by molar-refractivity contribution is -0.158. The quantitative estimate of drug-likeness (QED) is 0.383. The van der Waals surface area contributed by atoms with Crippen molar-refractivity contribution >= 4 is 15.5 Å². The Balaban J connectivity index is 1.80. The molecule has 0 amide bonds. The molecule has 0 saturated carbocycles. The Morgan fingerprint density at radius 2 is 1.87 bits per heavy atom. The van der Waals surface area contributed by atoms with Gasteiger partial charge in [-0.3, -0.25) is 10.4 Å². The number of anilines is 1. The molecule has 3 heterocycles. The monoisotopic (exact) mass is 576 g/mol. The van der Waals surface area contributed by atoms with Crippen LogP contribution in [-0.4, -0.2) is 71.0 Å². The zero-order valence-corrected chi connectivity index (χ0v) is 21.4. The van der Waals surface area contributed by atoms with E-state index in [4.69, 9.17) is 11.5 Å². The SMILES string of the molecule is CC(Cn1cncn1)N1c2ccc(-c3ccc(OC(F)F)c(S(C)(=O)=O)c3)nc2C(N)N(CC(F)(F)F)C1N. The summed E-state index contributed by atoms with van der Waals surface area (Å²) in [4.78, 5) is 10.2. The van der Waals surface area contributed by atoms with E-state index in [2.05, 4.69) is 19.8 Å². The maximum Gasteiger partial charge on any atom is 0.401 e. The molecular weight excluding hydrogens is 551 g/mol. The van der Waals surface area contributed by atoms with Crippen molar-refractivity contribution < 1.29 is 35.1 Å². The summed E-state index contributed by atoms with van der Waals surface area (Å²) in [6.45, 7) is -2.72. The van der Waals surface area contributed by atoms with E-state index in [-0.39, 0.29) is 23.5 Å². The first-order valence-electron chi connectivity index (χ1n) is 11.4. The lowest BCUT2D eigenvalue weighted by Gasteiger charge is -2.49. The van der Waals surface area contributed by atoms with Crippen molar-refractivity contribution in [2.45, 2.75) is 49.6 Å². The van der Waals surface area contributed by atoms with Crippen LogP contribution in [0.25, 0.3) is 11.3 Å². The lowest BCUT2D eigenvalue weighted by Crippen LogP contribution is -2.65. The Labute approximate surface area is 220 Å². The van der Waals surface area contributed by atoms with E-state index in [9.17, 15) is 30.4 Å². The van der Waals surface area contributed by atoms with Gasteiger partial charge in [-0.2, -0.15) is 27.1 Å². The van der Waals surface area contributed by atoms with Gasteiger partial charge in [0.25, 0.3) is 0 Å². The minimum Gasteiger partial charge on any atom is -0.433 e. The maximum atomic E-state index is 13.5. The van der Waals surface area contributed by atoms with Crippen LogP contribution in [-0.2, 0) is 16.4 Å². The van der Waals surface area contributed by atoms with Gasteiger partial charge in [0.15, 0.2) is 9.84 Å². The number of aromatic nitrogens is 4. The fourth-order valence-corrected chi connectivity index (χ4v) is 5.24. The Bertz CT molecular complexity index is 1420. The number of nitrogens with two attached hydrogens (primary N) is 2. The van der Waals surface area contributed by atoms with Gasteiger partial charge in [-0.1, -0.05) is 0 Å². The molecule has 39 heavy (non-hydrogen) atoms. The van der Waals surface area contributed by atoms with Gasteiger partial charge in [0.2, 0.25) is 0 Å². The van der Waals surface area contributed by atoms with Crippen LogP contribution in [0, 0.1) is 0 Å². The van der Waals surface area contributed by atoms with E-state index in [0.717, 1.165) is 23.3 Å². The summed E-state index contributed by atoms with van der Waals surface area (Å²) in [5, 5.41) is 4.03. The number of alkyl halides is 5. The van der Waals surface area contributed by atoms with Crippen molar-refractivity contribution in [3.8, 4) is 17.0 Å². The highest BCUT2D eigenvalue weighted by Crippen LogP contribution is 2.39. The summed E-state index contributed by atoms with van der Waals surface area (Å²) in [6, 6.07) is 6.03. The molecule has 0 saturated heterocycles. The third kappa shape index (κ3) is 6.26. The molecule has 3 aromatic rings. The standard InChI is InChI=1S/C22H25F5N8O3S/c1-12(8-33-11-30-10-31-33)35-15-5-4-14(32-18(15)19(28)34(21(35)29)9-22(25,26)27)13-3-6-16(38-20(23)24)17(7-13)39(2,36)37/h3-7,10-12,19-21H,8-9,28-29H2,1-2H3. The second kappa shape index (κ2) is 10.6. The van der Waals surface area contributed by atoms with Crippen molar-refractivity contribution in [3.05, 3.63) is 48.7 Å². The average Bonchev–Trinajstić information content (AvgIpc) is 3.33. The summed E-state index contributed by atoms with van der Waals surface area (Å²) in [5.41, 5.74) is 13.3. The number of hydrogen-bond donors (Lipinski definition) is 2. The summed E-state index contributed by atoms with van der Waals surface area (Å²) >= 11 is 0. The predicted octanol–water partition coefficient (Wildman–Crippen LogP) is 2.32. The summed E-state index contributed by atoms with van der Waals surface area (Å²) in [7, 11) is -4.00. The van der Waals surface area contributed by atoms with Gasteiger partial charge in [0.1, 0.15) is 35.8 Å². The van der Waals surface area contributed by atoms with Gasteiger partial charge in [0, 0.05) is 17.9 Å². The van der Waals surface area contributed by atoms with Gasteiger partial charge < -0.3 is 15.4 Å². The number of pyridine rings is 1. The van der Waals surface area contributed by atoms with E-state index < -0.39 is 58.3 Å². The summed E-state index contributed by atoms with van der Waals surface area (Å²) in [6.07, 6.45) is -3.68. The fraction of sp³-hybridized carbons (Fsp3) is 0.409. The fourth-order valence-electron chi connectivity index (χ4n) is 4.42. The smallest absolute Gasteiger partial charge is 0.401 e. The van der Waals surface area contributed by atoms with Gasteiger partial charge in [-0.25, -0.2) is 23.3 Å². The normalized spacial score (nSPS) is 19.3. The van der Waals surface area contributed by atoms with Crippen LogP contribution in [0.3, 0.4) is 0 Å². The maximum absolute atomic E-state index is 13.5. The predicted molar refractivity (Wildman–Crippen MR) is 129 cm³/mol. The molecule has 0 aliphatic carbocycles. The highest BCUT2D eigenvalue weighted by Gasteiger charge is 2.44. The van der Waals surface area contributed by atoms with Crippen LogP contribution < -0.4 is 21.1 Å². The number of nitrogens with zero attached hydrogens (tertiary/aromatic N) is 6. The third-order valence-corrected chi connectivity index (χ3v) is 7.17. The van der Waals surface area contributed by atoms with Crippen molar-refractivity contribution in [1.82, 2.24) is 24.6 Å². The molecule has 4 N–H and O–H groups in total. The third-order valence-electron chi connectivity index (χ3n) is 6.05. The van der Waals surface area contributed by atoms with Crippen LogP contribution in [0.1, 0.15) is 18.8 Å². The highest BCUT2D eigenvalue weighted by atomic mass is 32.2. The van der Waals surface area contributed by atoms with Gasteiger partial charge in [0.05, 0.1) is 30.2 Å². The molecule has 2 aromatic heterocycles. The topological polar surface area (TPSA) is 145 Å². The molecule has 3 atom stereocenters. The minimum absolute atomic E-state index is 0.0534. The number of rotatable bonds is 8. The van der Waals surface area contributed by atoms with Gasteiger partial charge >= 0.3 is 12.8 Å². The van der Waals surface area contributed by atoms with Crippen LogP contribution in [0.4, 0.5) is 27.6 Å². The van der Waals surface area contributed by atoms with Gasteiger partial charge in [-0.15, -0.1) is 0 Å². The Kier molecular flexibility index (Phi) is 7.79. The second-order valence-electron chi connectivity index (χ2n) is 8.93. The molecule has 212 valence electrons. The largest absolute Gasteiger partial charge is 0.433 e. The first-order chi connectivity index (χ1) is 18.2. The molecule has 1 aliphatic rings. The van der Waals surface area contributed by atoms with Crippen molar-refractivity contribution in [2.75, 3.05) is 17.7 Å². The number of sulfone groups is 1. The molecular formula is C22H25F5N8O3S. The molecule has 0 radical (unpaired) electrons. The molecule has 3 unspecified atom stereocenters. The van der Waals surface area contributed by atoms with Gasteiger partial charge in [-0.05, 0) is 37.3 Å². The minimum atomic E-state index is -4.63. The molecule has 0 spiro atoms. The zero-order valence-electron chi connectivity index (χ0n) is 20.6. The van der Waals surface area contributed by atoms with Crippen LogP contribution >= 0.6 is 0 Å². The van der Waals surface area contributed by atoms with E-state index in [0.29, 0.717) is 5.69 Å². The van der Waals surface area contributed by atoms with E-state index in [1.54, 1.807) is 13.0 Å². The van der Waals surface area contributed by atoms with Crippen LogP contribution in [0.15, 0.2) is 47.9 Å². The molecule has 0 bridgehead atoms. The average molecular weight is 577 g/mol. The second-order valence-corrected chi connectivity index (χ2v) is 10.9. The Morgan fingerprint density at radius 1 is 1.15 bits per heavy atom. The number of benzene rings is 1. The van der Waals surface area contributed by atoms with E-state index >= 15 is 0 Å². The first kappa shape index (κ1) is 28.6. The number of halogens is 5. The summed E-state index contributed by atoms with van der Waals surface area (Å²) in [5.74, 6) is -0.554. The number of fused-ring (bicyclic) bond motifs is 1. The van der Waals surface area contributed by atoms with E-state index in [1.165, 1.54) is 34.4 Å². The van der Waals surface area contributed by atoms with Crippen molar-refractivity contribution in [1.29, 1.82) is 0 Å². The molecule has 1 aromatic carbocycles. The van der Waals surface area contributed by atoms with Crippen molar-refractivity contribution in [2.24, 2.45) is 11.5 Å². The first-order valence-corrected chi connectivity index (χ1v) is 13.3. The van der Waals surface area contributed by atoms with Crippen LogP contribution in [0.2, 0.25) is 0 Å². The van der Waals surface area contributed by atoms with E-state index in [1.807, 2.05) is 0 Å².